The van der Waals surface area contributed by atoms with Crippen LogP contribution in [0.3, 0.4) is 0 Å². The van der Waals surface area contributed by atoms with Gasteiger partial charge in [-0.05, 0) is 69.3 Å². The Morgan fingerprint density at radius 3 is 2.62 bits per heavy atom. The number of nitrogens with zero attached hydrogens (tertiary/aromatic N) is 6. The van der Waals surface area contributed by atoms with Gasteiger partial charge in [-0.3, -0.25) is 4.68 Å². The van der Waals surface area contributed by atoms with E-state index in [0.29, 0.717) is 29.3 Å². The van der Waals surface area contributed by atoms with Crippen molar-refractivity contribution in [2.75, 3.05) is 25.5 Å². The van der Waals surface area contributed by atoms with Crippen molar-refractivity contribution in [3.63, 3.8) is 0 Å². The Morgan fingerprint density at radius 1 is 1.00 bits per heavy atom. The quantitative estimate of drug-likeness (QED) is 0.640. The Kier molecular flexibility index (Phi) is 5.87. The van der Waals surface area contributed by atoms with Gasteiger partial charge in [0.1, 0.15) is 11.5 Å². The predicted octanol–water partition coefficient (Wildman–Crippen LogP) is 4.71. The maximum absolute atomic E-state index is 14.7. The number of anilines is 2. The molecule has 3 aromatic rings. The van der Waals surface area contributed by atoms with Gasteiger partial charge < -0.3 is 10.2 Å². The lowest BCUT2D eigenvalue weighted by molar-refractivity contribution is 0.255. The molecule has 0 bridgehead atoms. The predicted molar refractivity (Wildman–Crippen MR) is 122 cm³/mol. The average molecular weight is 436 g/mol. The van der Waals surface area contributed by atoms with E-state index in [2.05, 4.69) is 50.3 Å². The summed E-state index contributed by atoms with van der Waals surface area (Å²) in [6.45, 7) is 5.28. The fraction of sp³-hybridized carbons (Fsp3) is 0.500. The molecule has 2 aliphatic heterocycles. The van der Waals surface area contributed by atoms with Crippen LogP contribution in [0.2, 0.25) is 0 Å². The molecule has 0 spiro atoms. The Balaban J connectivity index is 1.37. The Bertz CT molecular complexity index is 1070. The van der Waals surface area contributed by atoms with E-state index in [4.69, 9.17) is 0 Å². The van der Waals surface area contributed by atoms with Crippen molar-refractivity contribution < 1.29 is 4.39 Å². The van der Waals surface area contributed by atoms with Crippen molar-refractivity contribution in [2.45, 2.75) is 57.4 Å². The van der Waals surface area contributed by atoms with Crippen LogP contribution in [-0.4, -0.2) is 49.8 Å². The summed E-state index contributed by atoms with van der Waals surface area (Å²) in [6.07, 6.45) is 10.5. The number of nitrogens with one attached hydrogen (secondary N) is 1. The molecule has 1 saturated heterocycles. The lowest BCUT2D eigenvalue weighted by Crippen LogP contribution is -2.29. The van der Waals surface area contributed by atoms with Gasteiger partial charge in [0.2, 0.25) is 5.95 Å². The first-order valence-electron chi connectivity index (χ1n) is 11.6. The summed E-state index contributed by atoms with van der Waals surface area (Å²) in [6, 6.07) is 4.07. The SMILES string of the molecule is C[C@H]1CCCCn2ncc(-c3nc(Nc4ccc(C5CCN(C)CC5)cn4)ncc3F)c21. The molecule has 0 amide bonds. The summed E-state index contributed by atoms with van der Waals surface area (Å²) in [5, 5.41) is 7.65. The smallest absolute Gasteiger partial charge is 0.229 e. The average Bonchev–Trinajstić information content (AvgIpc) is 3.14. The molecule has 0 saturated carbocycles. The summed E-state index contributed by atoms with van der Waals surface area (Å²) in [4.78, 5) is 15.6. The first kappa shape index (κ1) is 21.0. The number of hydrogen-bond acceptors (Lipinski definition) is 6. The van der Waals surface area contributed by atoms with Crippen molar-refractivity contribution in [1.82, 2.24) is 29.6 Å². The van der Waals surface area contributed by atoms with E-state index in [1.807, 2.05) is 16.9 Å². The maximum Gasteiger partial charge on any atom is 0.229 e. The minimum absolute atomic E-state index is 0.292. The van der Waals surface area contributed by atoms with Gasteiger partial charge in [0.15, 0.2) is 5.82 Å². The van der Waals surface area contributed by atoms with Gasteiger partial charge in [0, 0.05) is 18.3 Å². The van der Waals surface area contributed by atoms with Crippen LogP contribution in [0, 0.1) is 5.82 Å². The molecule has 32 heavy (non-hydrogen) atoms. The van der Waals surface area contributed by atoms with Gasteiger partial charge in [-0.25, -0.2) is 19.3 Å². The van der Waals surface area contributed by atoms with Gasteiger partial charge in [-0.2, -0.15) is 5.10 Å². The van der Waals surface area contributed by atoms with Crippen LogP contribution >= 0.6 is 0 Å². The third-order valence-electron chi connectivity index (χ3n) is 6.82. The van der Waals surface area contributed by atoms with Crippen LogP contribution in [0.5, 0.6) is 0 Å². The molecule has 0 aromatic carbocycles. The van der Waals surface area contributed by atoms with E-state index in [1.54, 1.807) is 6.20 Å². The van der Waals surface area contributed by atoms with E-state index < -0.39 is 5.82 Å². The van der Waals surface area contributed by atoms with Crippen LogP contribution in [0.25, 0.3) is 11.3 Å². The highest BCUT2D eigenvalue weighted by Gasteiger charge is 2.24. The number of likely N-dealkylation sites (tertiary alicyclic amines) is 1. The Labute approximate surface area is 188 Å². The summed E-state index contributed by atoms with van der Waals surface area (Å²) < 4.78 is 16.8. The number of aryl methyl sites for hydroxylation is 1. The zero-order valence-corrected chi connectivity index (χ0v) is 18.8. The second-order valence-corrected chi connectivity index (χ2v) is 9.13. The van der Waals surface area contributed by atoms with Crippen molar-refractivity contribution in [1.29, 1.82) is 0 Å². The molecule has 5 heterocycles. The van der Waals surface area contributed by atoms with Gasteiger partial charge in [0.05, 0.1) is 18.1 Å². The lowest BCUT2D eigenvalue weighted by Gasteiger charge is -2.29. The minimum atomic E-state index is -0.437. The number of fused-ring (bicyclic) bond motifs is 1. The standard InChI is InChI=1S/C24H30FN7/c1-16-5-3-4-10-32-23(16)19(14-28-32)22-20(25)15-27-24(30-22)29-21-7-6-18(13-26-21)17-8-11-31(2)12-9-17/h6-7,13-17H,3-5,8-12H2,1-2H3,(H,26,27,29,30)/t16-/m0/s1. The Morgan fingerprint density at radius 2 is 1.84 bits per heavy atom. The molecule has 8 heteroatoms. The molecule has 1 N–H and O–H groups in total. The number of aromatic nitrogens is 5. The zero-order chi connectivity index (χ0) is 22.1. The van der Waals surface area contributed by atoms with Gasteiger partial charge in [-0.1, -0.05) is 19.4 Å². The summed E-state index contributed by atoms with van der Waals surface area (Å²) in [5.74, 6) is 1.42. The number of hydrogen-bond donors (Lipinski definition) is 1. The number of rotatable bonds is 4. The molecular formula is C24H30FN7. The topological polar surface area (TPSA) is 71.8 Å². The van der Waals surface area contributed by atoms with Gasteiger partial charge in [-0.15, -0.1) is 0 Å². The third-order valence-corrected chi connectivity index (χ3v) is 6.82. The molecule has 1 atom stereocenters. The van der Waals surface area contributed by atoms with Gasteiger partial charge >= 0.3 is 0 Å². The monoisotopic (exact) mass is 435 g/mol. The van der Waals surface area contributed by atoms with Crippen LogP contribution in [-0.2, 0) is 6.54 Å². The zero-order valence-electron chi connectivity index (χ0n) is 18.8. The van der Waals surface area contributed by atoms with Crippen molar-refractivity contribution in [3.05, 3.63) is 47.8 Å². The second-order valence-electron chi connectivity index (χ2n) is 9.13. The van der Waals surface area contributed by atoms with Crippen LogP contribution in [0.4, 0.5) is 16.2 Å². The number of piperidine rings is 1. The highest BCUT2D eigenvalue weighted by atomic mass is 19.1. The van der Waals surface area contributed by atoms with E-state index in [1.165, 1.54) is 11.8 Å². The van der Waals surface area contributed by atoms with E-state index in [9.17, 15) is 4.39 Å². The maximum atomic E-state index is 14.7. The van der Waals surface area contributed by atoms with E-state index >= 15 is 0 Å². The molecule has 0 radical (unpaired) electrons. The number of halogens is 1. The molecule has 168 valence electrons. The molecule has 0 aliphatic carbocycles. The van der Waals surface area contributed by atoms with Crippen LogP contribution < -0.4 is 5.32 Å². The minimum Gasteiger partial charge on any atom is -0.309 e. The molecule has 3 aromatic heterocycles. The highest BCUT2D eigenvalue weighted by molar-refractivity contribution is 5.64. The molecular weight excluding hydrogens is 405 g/mol. The first-order valence-corrected chi connectivity index (χ1v) is 11.6. The van der Waals surface area contributed by atoms with E-state index in [-0.39, 0.29) is 0 Å². The van der Waals surface area contributed by atoms with Crippen molar-refractivity contribution >= 4 is 11.8 Å². The van der Waals surface area contributed by atoms with Crippen LogP contribution in [0.15, 0.2) is 30.7 Å². The fourth-order valence-corrected chi connectivity index (χ4v) is 4.92. The normalized spacial score (nSPS) is 20.0. The first-order chi connectivity index (χ1) is 15.6. The molecule has 5 rings (SSSR count). The molecule has 7 nitrogen and oxygen atoms in total. The van der Waals surface area contributed by atoms with Gasteiger partial charge in [0.25, 0.3) is 0 Å². The summed E-state index contributed by atoms with van der Waals surface area (Å²) in [5.41, 5.74) is 3.38. The molecule has 0 unspecified atom stereocenters. The molecule has 1 fully saturated rings. The van der Waals surface area contributed by atoms with E-state index in [0.717, 1.165) is 63.0 Å². The van der Waals surface area contributed by atoms with Crippen LogP contribution in [0.1, 0.15) is 62.1 Å². The van der Waals surface area contributed by atoms with Crippen molar-refractivity contribution in [3.8, 4) is 11.3 Å². The fourth-order valence-electron chi connectivity index (χ4n) is 4.92. The number of pyridine rings is 1. The third kappa shape index (κ3) is 4.24. The molecule has 2 aliphatic rings. The Hall–Kier alpha value is -2.87. The summed E-state index contributed by atoms with van der Waals surface area (Å²) >= 11 is 0. The van der Waals surface area contributed by atoms with Crippen molar-refractivity contribution in [2.24, 2.45) is 0 Å². The largest absolute Gasteiger partial charge is 0.309 e. The lowest BCUT2D eigenvalue weighted by atomic mass is 9.91. The highest BCUT2D eigenvalue weighted by Crippen LogP contribution is 2.35. The summed E-state index contributed by atoms with van der Waals surface area (Å²) in [7, 11) is 2.17. The second kappa shape index (κ2) is 8.94.